The van der Waals surface area contributed by atoms with Crippen molar-refractivity contribution in [3.63, 3.8) is 0 Å². The number of pyridine rings is 1. The average molecular weight is 330 g/mol. The van der Waals surface area contributed by atoms with Gasteiger partial charge < -0.3 is 5.32 Å². The van der Waals surface area contributed by atoms with Crippen molar-refractivity contribution in [1.29, 1.82) is 0 Å². The number of nitrogens with one attached hydrogen (secondary N) is 1. The van der Waals surface area contributed by atoms with Gasteiger partial charge in [0.05, 0.1) is 17.4 Å². The number of nitrogens with zero attached hydrogens (tertiary/aromatic N) is 1. The number of aromatic nitrogens is 1. The molecule has 1 heterocycles. The number of hydrogen-bond acceptors (Lipinski definition) is 2. The van der Waals surface area contributed by atoms with Crippen LogP contribution in [0.25, 0.3) is 0 Å². The minimum atomic E-state index is -0.600. The van der Waals surface area contributed by atoms with Gasteiger partial charge in [0, 0.05) is 9.50 Å². The highest BCUT2D eigenvalue weighted by Gasteiger charge is 2.11. The van der Waals surface area contributed by atoms with Gasteiger partial charge in [-0.1, -0.05) is 11.6 Å². The molecule has 1 amide bonds. The Morgan fingerprint density at radius 3 is 2.78 bits per heavy atom. The molecule has 3 nitrogen and oxygen atoms in total. The van der Waals surface area contributed by atoms with Crippen LogP contribution in [0.5, 0.6) is 0 Å². The van der Waals surface area contributed by atoms with Gasteiger partial charge >= 0.3 is 0 Å². The van der Waals surface area contributed by atoms with E-state index >= 15 is 0 Å². The Hall–Kier alpha value is -1.46. The molecule has 0 radical (unpaired) electrons. The maximum Gasteiger partial charge on any atom is 0.256 e. The second kappa shape index (κ2) is 5.46. The molecule has 0 aliphatic rings. The number of rotatable bonds is 2. The molecule has 92 valence electrons. The molecule has 6 heteroatoms. The lowest BCUT2D eigenvalue weighted by atomic mass is 10.2. The Kier molecular flexibility index (Phi) is 3.93. The molecule has 0 spiro atoms. The molecule has 1 N–H and O–H groups in total. The number of amides is 1. The molecule has 0 saturated carbocycles. The summed E-state index contributed by atoms with van der Waals surface area (Å²) >= 11 is 9.08. The van der Waals surface area contributed by atoms with Gasteiger partial charge in [-0.05, 0) is 46.3 Å². The van der Waals surface area contributed by atoms with E-state index in [-0.39, 0.29) is 5.91 Å². The first-order valence-corrected chi connectivity index (χ1v) is 6.11. The molecule has 2 rings (SSSR count). The quantitative estimate of drug-likeness (QED) is 0.849. The summed E-state index contributed by atoms with van der Waals surface area (Å²) in [4.78, 5) is 15.4. The Labute approximate surface area is 116 Å². The first-order chi connectivity index (χ1) is 8.56. The zero-order valence-electron chi connectivity index (χ0n) is 8.95. The lowest BCUT2D eigenvalue weighted by Crippen LogP contribution is -2.12. The Morgan fingerprint density at radius 1 is 1.33 bits per heavy atom. The van der Waals surface area contributed by atoms with E-state index in [1.54, 1.807) is 12.1 Å². The Bertz CT molecular complexity index is 589. The molecule has 2 aromatic rings. The van der Waals surface area contributed by atoms with Crippen molar-refractivity contribution >= 4 is 39.1 Å². The molecule has 0 aliphatic heterocycles. The minimum Gasteiger partial charge on any atom is -0.321 e. The highest BCUT2D eigenvalue weighted by molar-refractivity contribution is 9.10. The molecule has 1 aromatic carbocycles. The first-order valence-electron chi connectivity index (χ1n) is 4.94. The largest absolute Gasteiger partial charge is 0.321 e. The smallest absolute Gasteiger partial charge is 0.256 e. The molecule has 1 aromatic heterocycles. The second-order valence-electron chi connectivity index (χ2n) is 3.45. The van der Waals surface area contributed by atoms with Crippen LogP contribution in [0.4, 0.5) is 10.1 Å². The number of halogens is 3. The standard InChI is InChI=1S/C12H7BrClFN2O/c13-10-3-1-7(14)5-9(10)12(18)17-8-2-4-11(15)16-6-8/h1-6H,(H,17,18). The lowest BCUT2D eigenvalue weighted by Gasteiger charge is -2.06. The van der Waals surface area contributed by atoms with Crippen LogP contribution in [0.2, 0.25) is 5.02 Å². The number of anilines is 1. The van der Waals surface area contributed by atoms with Gasteiger partial charge in [0.15, 0.2) is 0 Å². The van der Waals surface area contributed by atoms with E-state index in [4.69, 9.17) is 11.6 Å². The monoisotopic (exact) mass is 328 g/mol. The maximum atomic E-state index is 12.6. The van der Waals surface area contributed by atoms with Gasteiger partial charge in [-0.15, -0.1) is 0 Å². The lowest BCUT2D eigenvalue weighted by molar-refractivity contribution is 0.102. The van der Waals surface area contributed by atoms with Crippen molar-refractivity contribution in [3.05, 3.63) is 57.5 Å². The van der Waals surface area contributed by atoms with Crippen molar-refractivity contribution in [3.8, 4) is 0 Å². The molecule has 0 atom stereocenters. The van der Waals surface area contributed by atoms with Crippen LogP contribution >= 0.6 is 27.5 Å². The van der Waals surface area contributed by atoms with Crippen molar-refractivity contribution < 1.29 is 9.18 Å². The topological polar surface area (TPSA) is 42.0 Å². The van der Waals surface area contributed by atoms with Gasteiger partial charge in [-0.25, -0.2) is 4.98 Å². The summed E-state index contributed by atoms with van der Waals surface area (Å²) < 4.78 is 13.2. The Morgan fingerprint density at radius 2 is 2.11 bits per heavy atom. The third-order valence-electron chi connectivity index (χ3n) is 2.16. The summed E-state index contributed by atoms with van der Waals surface area (Å²) in [6.07, 6.45) is 1.24. The second-order valence-corrected chi connectivity index (χ2v) is 4.74. The fourth-order valence-corrected chi connectivity index (χ4v) is 1.92. The van der Waals surface area contributed by atoms with E-state index in [0.717, 1.165) is 0 Å². The van der Waals surface area contributed by atoms with E-state index in [0.29, 0.717) is 20.7 Å². The van der Waals surface area contributed by atoms with E-state index in [9.17, 15) is 9.18 Å². The van der Waals surface area contributed by atoms with Crippen LogP contribution in [0, 0.1) is 5.95 Å². The van der Waals surface area contributed by atoms with Crippen LogP contribution in [-0.4, -0.2) is 10.9 Å². The Balaban J connectivity index is 2.21. The summed E-state index contributed by atoms with van der Waals surface area (Å²) in [6, 6.07) is 7.49. The van der Waals surface area contributed by atoms with Gasteiger partial charge in [0.25, 0.3) is 5.91 Å². The highest BCUT2D eigenvalue weighted by Crippen LogP contribution is 2.22. The summed E-state index contributed by atoms with van der Waals surface area (Å²) in [6.45, 7) is 0. The zero-order chi connectivity index (χ0) is 13.1. The van der Waals surface area contributed by atoms with Crippen molar-refractivity contribution in [2.75, 3.05) is 5.32 Å². The molecule has 18 heavy (non-hydrogen) atoms. The van der Waals surface area contributed by atoms with Gasteiger partial charge in [-0.3, -0.25) is 4.79 Å². The van der Waals surface area contributed by atoms with Gasteiger partial charge in [-0.2, -0.15) is 4.39 Å². The SMILES string of the molecule is O=C(Nc1ccc(F)nc1)c1cc(Cl)ccc1Br. The van der Waals surface area contributed by atoms with E-state index in [2.05, 4.69) is 26.2 Å². The fourth-order valence-electron chi connectivity index (χ4n) is 1.32. The number of hydrogen-bond donors (Lipinski definition) is 1. The third-order valence-corrected chi connectivity index (χ3v) is 3.08. The molecule has 0 unspecified atom stereocenters. The third kappa shape index (κ3) is 3.05. The van der Waals surface area contributed by atoms with Crippen molar-refractivity contribution in [1.82, 2.24) is 4.98 Å². The highest BCUT2D eigenvalue weighted by atomic mass is 79.9. The van der Waals surface area contributed by atoms with Gasteiger partial charge in [0.2, 0.25) is 5.95 Å². The fraction of sp³-hybridized carbons (Fsp3) is 0. The predicted octanol–water partition coefficient (Wildman–Crippen LogP) is 3.89. The summed E-state index contributed by atoms with van der Waals surface area (Å²) in [5, 5.41) is 3.06. The van der Waals surface area contributed by atoms with E-state index in [1.807, 2.05) is 0 Å². The molecular formula is C12H7BrClFN2O. The van der Waals surface area contributed by atoms with Crippen molar-refractivity contribution in [2.24, 2.45) is 0 Å². The van der Waals surface area contributed by atoms with Crippen LogP contribution in [-0.2, 0) is 0 Å². The number of carbonyl (C=O) groups excluding carboxylic acids is 1. The van der Waals surface area contributed by atoms with Crippen LogP contribution in [0.3, 0.4) is 0 Å². The molecule has 0 saturated heterocycles. The average Bonchev–Trinajstić information content (AvgIpc) is 2.35. The summed E-state index contributed by atoms with van der Waals surface area (Å²) in [5.74, 6) is -0.949. The van der Waals surface area contributed by atoms with Crippen molar-refractivity contribution in [2.45, 2.75) is 0 Å². The minimum absolute atomic E-state index is 0.349. The van der Waals surface area contributed by atoms with Crippen LogP contribution < -0.4 is 5.32 Å². The molecule has 0 bridgehead atoms. The molecular weight excluding hydrogens is 322 g/mol. The summed E-state index contributed by atoms with van der Waals surface area (Å²) in [5.41, 5.74) is 0.806. The van der Waals surface area contributed by atoms with Gasteiger partial charge in [0.1, 0.15) is 0 Å². The number of benzene rings is 1. The van der Waals surface area contributed by atoms with Crippen LogP contribution in [0.1, 0.15) is 10.4 Å². The van der Waals surface area contributed by atoms with E-state index < -0.39 is 5.95 Å². The van der Waals surface area contributed by atoms with E-state index in [1.165, 1.54) is 24.4 Å². The summed E-state index contributed by atoms with van der Waals surface area (Å²) in [7, 11) is 0. The number of carbonyl (C=O) groups is 1. The first kappa shape index (κ1) is 13.0. The maximum absolute atomic E-state index is 12.6. The normalized spacial score (nSPS) is 10.2. The molecule has 0 aliphatic carbocycles. The van der Waals surface area contributed by atoms with Crippen LogP contribution in [0.15, 0.2) is 41.0 Å². The zero-order valence-corrected chi connectivity index (χ0v) is 11.3. The predicted molar refractivity (Wildman–Crippen MR) is 71.3 cm³/mol. The molecule has 0 fully saturated rings.